The second kappa shape index (κ2) is 4.00. The van der Waals surface area contributed by atoms with E-state index in [4.69, 9.17) is 0 Å². The van der Waals surface area contributed by atoms with Crippen molar-refractivity contribution in [1.29, 1.82) is 0 Å². The SMILES string of the molecule is O=C1[N-]CCN1.[Rb+]. The molecule has 34 valence electrons. The Morgan fingerprint density at radius 1 is 1.71 bits per heavy atom. The van der Waals surface area contributed by atoms with Crippen molar-refractivity contribution < 1.29 is 63.0 Å². The topological polar surface area (TPSA) is 43.2 Å². The fourth-order valence-electron chi connectivity index (χ4n) is 0.376. The van der Waals surface area contributed by atoms with Gasteiger partial charge in [0, 0.05) is 0 Å². The number of carbonyl (C=O) groups is 1. The standard InChI is InChI=1S/C3H6N2O.Rb/c6-3-4-1-2-5-3;/h1-2H2,(H2,4,5,6);/q;+1/p-1. The molecule has 0 unspecified atom stereocenters. The molecule has 1 fully saturated rings. The van der Waals surface area contributed by atoms with Crippen LogP contribution in [0.1, 0.15) is 0 Å². The monoisotopic (exact) mass is 170 g/mol. The van der Waals surface area contributed by atoms with Gasteiger partial charge in [0.25, 0.3) is 0 Å². The van der Waals surface area contributed by atoms with E-state index in [1.54, 1.807) is 0 Å². The molecule has 0 atom stereocenters. The predicted molar refractivity (Wildman–Crippen MR) is 21.6 cm³/mol. The van der Waals surface area contributed by atoms with E-state index in [2.05, 4.69) is 10.6 Å². The molecule has 0 aromatic rings. The molecule has 0 spiro atoms. The largest absolute Gasteiger partial charge is 1.00 e. The van der Waals surface area contributed by atoms with Crippen LogP contribution in [0, 0.1) is 0 Å². The van der Waals surface area contributed by atoms with Gasteiger partial charge in [-0.15, -0.1) is 0 Å². The summed E-state index contributed by atoms with van der Waals surface area (Å²) in [7, 11) is 0. The van der Waals surface area contributed by atoms with Gasteiger partial charge in [-0.1, -0.05) is 6.54 Å². The maximum atomic E-state index is 9.97. The third-order valence-corrected chi connectivity index (χ3v) is 0.643. The van der Waals surface area contributed by atoms with Crippen LogP contribution in [0.3, 0.4) is 0 Å². The minimum Gasteiger partial charge on any atom is -0.450 e. The normalized spacial score (nSPS) is 16.9. The van der Waals surface area contributed by atoms with E-state index in [1.165, 1.54) is 0 Å². The van der Waals surface area contributed by atoms with Gasteiger partial charge in [-0.2, -0.15) is 0 Å². The van der Waals surface area contributed by atoms with Crippen LogP contribution in [0.15, 0.2) is 0 Å². The predicted octanol–water partition coefficient (Wildman–Crippen LogP) is -2.91. The fourth-order valence-corrected chi connectivity index (χ4v) is 0.376. The van der Waals surface area contributed by atoms with Gasteiger partial charge in [0.1, 0.15) is 0 Å². The zero-order valence-electron chi connectivity index (χ0n) is 4.27. The zero-order valence-corrected chi connectivity index (χ0v) is 9.19. The Hall–Kier alpha value is 1.08. The van der Waals surface area contributed by atoms with Crippen molar-refractivity contribution in [3.05, 3.63) is 5.32 Å². The molecular formula is C3H5N2ORb. The number of nitrogens with one attached hydrogen (secondary N) is 1. The van der Waals surface area contributed by atoms with Gasteiger partial charge in [0.2, 0.25) is 0 Å². The Bertz CT molecular complexity index is 67.3. The second-order valence-corrected chi connectivity index (χ2v) is 1.11. The summed E-state index contributed by atoms with van der Waals surface area (Å²) >= 11 is 0. The van der Waals surface area contributed by atoms with Gasteiger partial charge >= 0.3 is 58.2 Å². The first kappa shape index (κ1) is 8.08. The molecule has 3 nitrogen and oxygen atoms in total. The number of urea groups is 1. The van der Waals surface area contributed by atoms with Crippen molar-refractivity contribution in [1.82, 2.24) is 5.32 Å². The molecule has 4 heteroatoms. The molecular weight excluding hydrogens is 166 g/mol. The van der Waals surface area contributed by atoms with Crippen molar-refractivity contribution in [2.45, 2.75) is 0 Å². The minimum absolute atomic E-state index is 0. The van der Waals surface area contributed by atoms with Crippen molar-refractivity contribution in [3.8, 4) is 0 Å². The maximum absolute atomic E-state index is 9.97. The summed E-state index contributed by atoms with van der Waals surface area (Å²) in [5.41, 5.74) is 0. The molecule has 1 saturated heterocycles. The summed E-state index contributed by atoms with van der Waals surface area (Å²) in [6.45, 7) is 1.37. The van der Waals surface area contributed by atoms with Gasteiger partial charge in [-0.25, -0.2) is 0 Å². The first-order chi connectivity index (χ1) is 2.89. The van der Waals surface area contributed by atoms with Crippen LogP contribution >= 0.6 is 0 Å². The summed E-state index contributed by atoms with van der Waals surface area (Å²) in [6, 6.07) is -0.171. The van der Waals surface area contributed by atoms with Gasteiger partial charge in [-0.3, -0.25) is 4.79 Å². The molecule has 0 aromatic heterocycles. The number of amides is 2. The summed E-state index contributed by atoms with van der Waals surface area (Å²) in [5, 5.41) is 6.00. The van der Waals surface area contributed by atoms with E-state index in [1.807, 2.05) is 0 Å². The van der Waals surface area contributed by atoms with E-state index in [0.717, 1.165) is 6.54 Å². The first-order valence-corrected chi connectivity index (χ1v) is 1.85. The summed E-state index contributed by atoms with van der Waals surface area (Å²) in [6.07, 6.45) is 0. The van der Waals surface area contributed by atoms with E-state index in [-0.39, 0.29) is 64.2 Å². The third kappa shape index (κ3) is 2.79. The molecule has 1 rings (SSSR count). The quantitative estimate of drug-likeness (QED) is 0.416. The second-order valence-electron chi connectivity index (χ2n) is 1.11. The molecule has 0 aliphatic carbocycles. The molecule has 0 aromatic carbocycles. The molecule has 0 bridgehead atoms. The molecule has 1 aliphatic rings. The van der Waals surface area contributed by atoms with E-state index in [0.29, 0.717) is 6.54 Å². The smallest absolute Gasteiger partial charge is 0.450 e. The van der Waals surface area contributed by atoms with Crippen molar-refractivity contribution in [3.63, 3.8) is 0 Å². The Labute approximate surface area is 91.0 Å². The molecule has 1 heterocycles. The van der Waals surface area contributed by atoms with Crippen molar-refractivity contribution >= 4 is 6.03 Å². The zero-order chi connectivity index (χ0) is 4.41. The van der Waals surface area contributed by atoms with Crippen LogP contribution < -0.4 is 63.5 Å². The number of nitrogens with zero attached hydrogens (tertiary/aromatic N) is 1. The summed E-state index contributed by atoms with van der Waals surface area (Å²) in [5.74, 6) is 0. The van der Waals surface area contributed by atoms with Crippen molar-refractivity contribution in [2.24, 2.45) is 0 Å². The van der Waals surface area contributed by atoms with Crippen LogP contribution in [0.25, 0.3) is 5.32 Å². The van der Waals surface area contributed by atoms with E-state index < -0.39 is 0 Å². The molecule has 1 aliphatic heterocycles. The number of hydrogen-bond donors (Lipinski definition) is 1. The van der Waals surface area contributed by atoms with Crippen LogP contribution in [0.2, 0.25) is 0 Å². The molecule has 2 amide bonds. The number of carbonyl (C=O) groups excluding carboxylic acids is 1. The van der Waals surface area contributed by atoms with Crippen molar-refractivity contribution in [2.75, 3.05) is 13.1 Å². The van der Waals surface area contributed by atoms with Crippen LogP contribution in [0.4, 0.5) is 4.79 Å². The van der Waals surface area contributed by atoms with E-state index >= 15 is 0 Å². The van der Waals surface area contributed by atoms with Crippen LogP contribution in [-0.2, 0) is 0 Å². The van der Waals surface area contributed by atoms with Gasteiger partial charge < -0.3 is 10.6 Å². The molecule has 1 N–H and O–H groups in total. The Kier molecular flexibility index (Phi) is 4.62. The van der Waals surface area contributed by atoms with Crippen LogP contribution in [0.5, 0.6) is 0 Å². The summed E-state index contributed by atoms with van der Waals surface area (Å²) in [4.78, 5) is 9.97. The van der Waals surface area contributed by atoms with Gasteiger partial charge in [0.05, 0.1) is 0 Å². The third-order valence-electron chi connectivity index (χ3n) is 0.643. The van der Waals surface area contributed by atoms with Gasteiger partial charge in [0.15, 0.2) is 6.03 Å². The minimum atomic E-state index is -0.171. The molecule has 0 radical (unpaired) electrons. The Morgan fingerprint density at radius 3 is 2.57 bits per heavy atom. The van der Waals surface area contributed by atoms with Crippen LogP contribution in [-0.4, -0.2) is 19.1 Å². The first-order valence-electron chi connectivity index (χ1n) is 1.85. The maximum Gasteiger partial charge on any atom is 1.00 e. The molecule has 7 heavy (non-hydrogen) atoms. The Balaban J connectivity index is 0.000000360. The average Bonchev–Trinajstić information content (AvgIpc) is 1.86. The number of hydrogen-bond acceptors (Lipinski definition) is 1. The van der Waals surface area contributed by atoms with E-state index in [9.17, 15) is 4.79 Å². The molecule has 0 saturated carbocycles. The fraction of sp³-hybridized carbons (Fsp3) is 0.667. The Morgan fingerprint density at radius 2 is 2.43 bits per heavy atom. The van der Waals surface area contributed by atoms with Gasteiger partial charge in [-0.05, 0) is 6.54 Å². The average molecular weight is 171 g/mol. The summed E-state index contributed by atoms with van der Waals surface area (Å²) < 4.78 is 0. The number of rotatable bonds is 0.